The molecule has 6 rings (SSSR count). The highest BCUT2D eigenvalue weighted by molar-refractivity contribution is 6.85. The Balaban J connectivity index is 1.15. The molecule has 2 heterocycles. The van der Waals surface area contributed by atoms with Crippen molar-refractivity contribution in [3.05, 3.63) is 112 Å². The molecule has 0 fully saturated rings. The minimum Gasteiger partial charge on any atom is -0.497 e. The molecule has 0 saturated carbocycles. The van der Waals surface area contributed by atoms with Crippen molar-refractivity contribution in [3.8, 4) is 11.4 Å². The number of hydrogen-bond acceptors (Lipinski definition) is 7. The summed E-state index contributed by atoms with van der Waals surface area (Å²) < 4.78 is 7.44. The molecule has 0 saturated heterocycles. The van der Waals surface area contributed by atoms with Crippen LogP contribution in [0.25, 0.3) is 16.5 Å². The van der Waals surface area contributed by atoms with E-state index in [1.54, 1.807) is 19.2 Å². The number of carbonyl (C=O) groups is 2. The van der Waals surface area contributed by atoms with Gasteiger partial charge in [-0.2, -0.15) is 0 Å². The van der Waals surface area contributed by atoms with Crippen molar-refractivity contribution < 1.29 is 19.1 Å². The number of carbonyl (C=O) groups excluding carboxylic acids is 2. The number of methoxy groups -OCH3 is 1. The normalized spacial score (nSPS) is 14.0. The Morgan fingerprint density at radius 3 is 2.46 bits per heavy atom. The molecule has 1 atom stereocenters. The highest BCUT2D eigenvalue weighted by Gasteiger charge is 2.30. The molecule has 0 unspecified atom stereocenters. The average Bonchev–Trinajstić information content (AvgIpc) is 3.39. The smallest absolute Gasteiger partial charge is 0.239 e. The number of nitrogens with one attached hydrogen (secondary N) is 2. The second-order valence-electron chi connectivity index (χ2n) is 12.3. The van der Waals surface area contributed by atoms with Gasteiger partial charge in [-0.3, -0.25) is 19.1 Å². The first-order valence-electron chi connectivity index (χ1n) is 15.7. The zero-order chi connectivity index (χ0) is 34.0. The molecule has 4 aromatic carbocycles. The summed E-state index contributed by atoms with van der Waals surface area (Å²) in [4.78, 5) is 41.9. The van der Waals surface area contributed by atoms with Crippen LogP contribution >= 0.6 is 11.6 Å². The van der Waals surface area contributed by atoms with Crippen molar-refractivity contribution in [2.24, 2.45) is 4.99 Å². The number of nitrogens with zero attached hydrogens (tertiary/aromatic N) is 4. The summed E-state index contributed by atoms with van der Waals surface area (Å²) in [5.41, 5.74) is 4.17. The van der Waals surface area contributed by atoms with Gasteiger partial charge in [0.25, 0.3) is 0 Å². The van der Waals surface area contributed by atoms with E-state index < -0.39 is 14.4 Å². The molecule has 48 heavy (non-hydrogen) atoms. The van der Waals surface area contributed by atoms with Gasteiger partial charge < -0.3 is 20.2 Å². The Hall–Kier alpha value is -4.84. The molecule has 1 aliphatic rings. The van der Waals surface area contributed by atoms with Gasteiger partial charge in [-0.15, -0.1) is 10.2 Å². The maximum atomic E-state index is 13.3. The Morgan fingerprint density at radius 2 is 1.71 bits per heavy atom. The van der Waals surface area contributed by atoms with E-state index in [0.717, 1.165) is 38.3 Å². The van der Waals surface area contributed by atoms with Gasteiger partial charge in [0.1, 0.15) is 17.6 Å². The molecule has 10 nitrogen and oxygen atoms in total. The SMILES string of the molecule is COc1ccc2c(c1)C(c1ccc(Cl)cc1)=N[C@@H](CC(=O)NCC(=O)NCCc1cccc3c([Si](C)(C)O)cccc13)c1nnc(C)n1-2. The van der Waals surface area contributed by atoms with Crippen LogP contribution in [0.5, 0.6) is 5.75 Å². The van der Waals surface area contributed by atoms with Crippen molar-refractivity contribution in [1.82, 2.24) is 25.4 Å². The number of aromatic nitrogens is 3. The van der Waals surface area contributed by atoms with Gasteiger partial charge in [0.05, 0.1) is 31.5 Å². The molecule has 0 spiro atoms. The number of aliphatic imine (C=N–C) groups is 1. The summed E-state index contributed by atoms with van der Waals surface area (Å²) in [6.07, 6.45) is 0.564. The number of benzene rings is 4. The lowest BCUT2D eigenvalue weighted by atomic mass is 10.00. The van der Waals surface area contributed by atoms with E-state index in [9.17, 15) is 14.4 Å². The fourth-order valence-electron chi connectivity index (χ4n) is 6.13. The predicted octanol–water partition coefficient (Wildman–Crippen LogP) is 4.55. The van der Waals surface area contributed by atoms with E-state index in [2.05, 4.69) is 20.8 Å². The molecule has 5 aromatic rings. The lowest BCUT2D eigenvalue weighted by molar-refractivity contribution is -0.126. The van der Waals surface area contributed by atoms with Crippen molar-refractivity contribution in [2.75, 3.05) is 20.2 Å². The van der Waals surface area contributed by atoms with Gasteiger partial charge in [0.2, 0.25) is 20.1 Å². The van der Waals surface area contributed by atoms with E-state index >= 15 is 0 Å². The van der Waals surface area contributed by atoms with Gasteiger partial charge in [0.15, 0.2) is 5.82 Å². The van der Waals surface area contributed by atoms with Crippen LogP contribution in [0.3, 0.4) is 0 Å². The molecular weight excluding hydrogens is 644 g/mol. The topological polar surface area (TPSA) is 131 Å². The van der Waals surface area contributed by atoms with E-state index in [-0.39, 0.29) is 24.8 Å². The fourth-order valence-corrected chi connectivity index (χ4v) is 7.64. The van der Waals surface area contributed by atoms with Crippen LogP contribution < -0.4 is 20.6 Å². The van der Waals surface area contributed by atoms with Crippen LogP contribution in [0.2, 0.25) is 18.1 Å². The summed E-state index contributed by atoms with van der Waals surface area (Å²) in [5.74, 6) is 1.19. The third-order valence-electron chi connectivity index (χ3n) is 8.46. The number of rotatable bonds is 10. The standard InChI is InChI=1S/C36H37ClN6O4Si/c1-22-41-42-36-30(40-35(24-11-13-25(37)14-12-24)29-19-26(47-2)15-16-31(29)43(22)36)20-33(44)39-21-34(45)38-18-17-23-7-5-9-28-27(23)8-6-10-32(28)48(3,4)46/h5-16,19,30,46H,17-18,20-21H2,1-4H3,(H,38,45)(H,39,44)/t30-/m0/s1. The molecular formula is C36H37ClN6O4Si. The molecule has 0 aliphatic carbocycles. The van der Waals surface area contributed by atoms with Gasteiger partial charge in [0, 0.05) is 22.7 Å². The number of ether oxygens (including phenoxy) is 1. The number of fused-ring (bicyclic) bond motifs is 4. The Labute approximate surface area is 285 Å². The van der Waals surface area contributed by atoms with Crippen LogP contribution in [0.4, 0.5) is 0 Å². The number of aryl methyl sites for hydroxylation is 1. The van der Waals surface area contributed by atoms with Crippen molar-refractivity contribution >= 4 is 53.4 Å². The van der Waals surface area contributed by atoms with Crippen LogP contribution in [-0.4, -0.2) is 65.6 Å². The molecule has 0 radical (unpaired) electrons. The molecule has 3 N–H and O–H groups in total. The number of amides is 2. The second-order valence-corrected chi connectivity index (χ2v) is 16.4. The minimum atomic E-state index is -2.51. The van der Waals surface area contributed by atoms with Gasteiger partial charge >= 0.3 is 0 Å². The number of halogens is 1. The molecule has 246 valence electrons. The minimum absolute atomic E-state index is 0.0452. The predicted molar refractivity (Wildman–Crippen MR) is 190 cm³/mol. The summed E-state index contributed by atoms with van der Waals surface area (Å²) in [5, 5.41) is 18.1. The maximum Gasteiger partial charge on any atom is 0.239 e. The van der Waals surface area contributed by atoms with E-state index in [4.69, 9.17) is 21.3 Å². The van der Waals surface area contributed by atoms with Gasteiger partial charge in [-0.1, -0.05) is 60.1 Å². The zero-order valence-electron chi connectivity index (χ0n) is 27.3. The molecule has 0 bridgehead atoms. The van der Waals surface area contributed by atoms with E-state index in [1.165, 1.54) is 0 Å². The summed E-state index contributed by atoms with van der Waals surface area (Å²) in [6.45, 7) is 5.90. The zero-order valence-corrected chi connectivity index (χ0v) is 29.0. The number of hydrogen-bond donors (Lipinski definition) is 3. The summed E-state index contributed by atoms with van der Waals surface area (Å²) in [7, 11) is -0.903. The quantitative estimate of drug-likeness (QED) is 0.186. The van der Waals surface area contributed by atoms with E-state index in [0.29, 0.717) is 41.1 Å². The second kappa shape index (κ2) is 13.7. The van der Waals surface area contributed by atoms with Crippen molar-refractivity contribution in [2.45, 2.75) is 38.9 Å². The average molecular weight is 681 g/mol. The summed E-state index contributed by atoms with van der Waals surface area (Å²) in [6, 6.07) is 24.4. The Morgan fingerprint density at radius 1 is 0.958 bits per heavy atom. The Bertz CT molecular complexity index is 2040. The highest BCUT2D eigenvalue weighted by atomic mass is 35.5. The summed E-state index contributed by atoms with van der Waals surface area (Å²) >= 11 is 6.20. The van der Waals surface area contributed by atoms with Crippen molar-refractivity contribution in [3.63, 3.8) is 0 Å². The monoisotopic (exact) mass is 680 g/mol. The fraction of sp³-hybridized carbons (Fsp3) is 0.250. The molecule has 1 aliphatic heterocycles. The van der Waals surface area contributed by atoms with Crippen LogP contribution in [0.15, 0.2) is 83.9 Å². The third kappa shape index (κ3) is 6.89. The maximum absolute atomic E-state index is 13.3. The first kappa shape index (κ1) is 33.1. The van der Waals surface area contributed by atoms with E-state index in [1.807, 2.05) is 91.3 Å². The van der Waals surface area contributed by atoms with Crippen molar-refractivity contribution in [1.29, 1.82) is 0 Å². The lowest BCUT2D eigenvalue weighted by Gasteiger charge is -2.18. The van der Waals surface area contributed by atoms with Crippen LogP contribution in [0.1, 0.15) is 40.8 Å². The van der Waals surface area contributed by atoms with Crippen LogP contribution in [-0.2, 0) is 16.0 Å². The largest absolute Gasteiger partial charge is 0.497 e. The highest BCUT2D eigenvalue weighted by Crippen LogP contribution is 2.34. The molecule has 1 aromatic heterocycles. The third-order valence-corrected chi connectivity index (χ3v) is 10.5. The Kier molecular flexibility index (Phi) is 9.45. The first-order valence-corrected chi connectivity index (χ1v) is 19.1. The molecule has 12 heteroatoms. The van der Waals surface area contributed by atoms with Gasteiger partial charge in [-0.05, 0) is 78.3 Å². The first-order chi connectivity index (χ1) is 23.0. The van der Waals surface area contributed by atoms with Crippen LogP contribution in [0, 0.1) is 6.92 Å². The lowest BCUT2D eigenvalue weighted by Crippen LogP contribution is -2.41. The molecule has 2 amide bonds. The van der Waals surface area contributed by atoms with Gasteiger partial charge in [-0.25, -0.2) is 0 Å².